The molecule has 0 radical (unpaired) electrons. The average Bonchev–Trinajstić information content (AvgIpc) is 3.09. The summed E-state index contributed by atoms with van der Waals surface area (Å²) in [6, 6.07) is 9.31. The van der Waals surface area contributed by atoms with Gasteiger partial charge >= 0.3 is 6.09 Å². The number of nitrogens with zero attached hydrogens (tertiary/aromatic N) is 4. The minimum absolute atomic E-state index is 0.0338. The van der Waals surface area contributed by atoms with Crippen LogP contribution in [0.2, 0.25) is 0 Å². The van der Waals surface area contributed by atoms with Gasteiger partial charge in [0.2, 0.25) is 10.0 Å². The Kier molecular flexibility index (Phi) is 6.95. The van der Waals surface area contributed by atoms with Crippen molar-refractivity contribution in [3.63, 3.8) is 0 Å². The van der Waals surface area contributed by atoms with Crippen molar-refractivity contribution in [2.45, 2.75) is 59.5 Å². The third-order valence-corrected chi connectivity index (χ3v) is 6.78. The molecule has 184 valence electrons. The summed E-state index contributed by atoms with van der Waals surface area (Å²) < 4.78 is 34.0. The lowest BCUT2D eigenvalue weighted by molar-refractivity contribution is 0.0523. The number of nitrogens with one attached hydrogen (secondary N) is 2. The Morgan fingerprint density at radius 2 is 1.80 bits per heavy atom. The molecule has 2 heterocycles. The lowest BCUT2D eigenvalue weighted by Crippen LogP contribution is -2.28. The summed E-state index contributed by atoms with van der Waals surface area (Å²) in [6.45, 7) is 10.4. The van der Waals surface area contributed by atoms with Gasteiger partial charge in [-0.05, 0) is 58.7 Å². The first-order valence-electron chi connectivity index (χ1n) is 11.1. The van der Waals surface area contributed by atoms with E-state index in [1.165, 1.54) is 0 Å². The van der Waals surface area contributed by atoms with E-state index in [9.17, 15) is 23.7 Å². The van der Waals surface area contributed by atoms with E-state index in [1.54, 1.807) is 59.7 Å². The molecule has 10 nitrogen and oxygen atoms in total. The first-order valence-corrected chi connectivity index (χ1v) is 12.7. The number of aromatic nitrogens is 2. The second-order valence-electron chi connectivity index (χ2n) is 9.30. The SMILES string of the molecule is CCCS(=O)(=O)Nc1nn(C(=O)OC(C)(C)C)c2ccc(C3C(C#N)=C(C)NC(C)=C3C#N)cc12. The fourth-order valence-electron chi connectivity index (χ4n) is 3.93. The standard InChI is InChI=1S/C24H28N6O4S/c1-7-10-35(32,33)29-22-17-11-16(21-18(12-25)14(2)27-15(3)19(21)13-26)8-9-20(17)30(28-22)23(31)34-24(4,5)6/h8-9,11,21,27H,7,10H2,1-6H3,(H,28,29). The molecule has 0 fully saturated rings. The van der Waals surface area contributed by atoms with Crippen LogP contribution in [0.3, 0.4) is 0 Å². The van der Waals surface area contributed by atoms with Gasteiger partial charge in [0.25, 0.3) is 0 Å². The fraction of sp³-hybridized carbons (Fsp3) is 0.417. The summed E-state index contributed by atoms with van der Waals surface area (Å²) in [4.78, 5) is 12.8. The van der Waals surface area contributed by atoms with Crippen molar-refractivity contribution in [3.8, 4) is 12.1 Å². The molecule has 1 aliphatic rings. The summed E-state index contributed by atoms with van der Waals surface area (Å²) in [5.41, 5.74) is 2.12. The van der Waals surface area contributed by atoms with Crippen LogP contribution in [0.15, 0.2) is 40.7 Å². The number of carbonyl (C=O) groups is 1. The van der Waals surface area contributed by atoms with E-state index in [1.807, 2.05) is 0 Å². The van der Waals surface area contributed by atoms with E-state index < -0.39 is 27.6 Å². The normalized spacial score (nSPS) is 15.0. The van der Waals surface area contributed by atoms with Gasteiger partial charge in [0, 0.05) is 16.8 Å². The van der Waals surface area contributed by atoms with Gasteiger partial charge in [-0.3, -0.25) is 4.72 Å². The number of benzene rings is 1. The van der Waals surface area contributed by atoms with Crippen molar-refractivity contribution in [3.05, 3.63) is 46.3 Å². The van der Waals surface area contributed by atoms with Gasteiger partial charge in [-0.1, -0.05) is 13.0 Å². The van der Waals surface area contributed by atoms with Gasteiger partial charge in [0.1, 0.15) is 5.60 Å². The maximum absolute atomic E-state index is 12.8. The van der Waals surface area contributed by atoms with E-state index in [0.717, 1.165) is 4.68 Å². The molecular formula is C24H28N6O4S. The number of dihydropyridines is 1. The number of anilines is 1. The largest absolute Gasteiger partial charge is 0.442 e. The second kappa shape index (κ2) is 9.43. The van der Waals surface area contributed by atoms with Crippen LogP contribution in [0.4, 0.5) is 10.6 Å². The molecule has 0 unspecified atom stereocenters. The number of rotatable bonds is 5. The highest BCUT2D eigenvalue weighted by Gasteiger charge is 2.31. The molecule has 1 aromatic heterocycles. The first kappa shape index (κ1) is 25.8. The average molecular weight is 497 g/mol. The number of carbonyl (C=O) groups excluding carboxylic acids is 1. The molecule has 11 heteroatoms. The van der Waals surface area contributed by atoms with E-state index in [2.05, 4.69) is 27.3 Å². The third kappa shape index (κ3) is 5.31. The highest BCUT2D eigenvalue weighted by Crippen LogP contribution is 2.39. The van der Waals surface area contributed by atoms with Crippen LogP contribution in [0.25, 0.3) is 10.9 Å². The van der Waals surface area contributed by atoms with Gasteiger partial charge < -0.3 is 10.1 Å². The third-order valence-electron chi connectivity index (χ3n) is 5.33. The summed E-state index contributed by atoms with van der Waals surface area (Å²) >= 11 is 0. The van der Waals surface area contributed by atoms with Crippen molar-refractivity contribution in [1.82, 2.24) is 15.1 Å². The van der Waals surface area contributed by atoms with Gasteiger partial charge in [-0.2, -0.15) is 15.2 Å². The quantitative estimate of drug-likeness (QED) is 0.623. The van der Waals surface area contributed by atoms with Crippen molar-refractivity contribution in [1.29, 1.82) is 10.5 Å². The predicted octanol–water partition coefficient (Wildman–Crippen LogP) is 4.25. The van der Waals surface area contributed by atoms with E-state index >= 15 is 0 Å². The highest BCUT2D eigenvalue weighted by atomic mass is 32.2. The van der Waals surface area contributed by atoms with Gasteiger partial charge in [0.15, 0.2) is 5.82 Å². The Morgan fingerprint density at radius 3 is 2.31 bits per heavy atom. The molecule has 35 heavy (non-hydrogen) atoms. The summed E-state index contributed by atoms with van der Waals surface area (Å²) in [5.74, 6) is -0.808. The zero-order chi connectivity index (χ0) is 26.1. The van der Waals surface area contributed by atoms with Gasteiger partial charge in [-0.15, -0.1) is 5.10 Å². The number of hydrogen-bond acceptors (Lipinski definition) is 8. The Labute approximate surface area is 204 Å². The topological polar surface area (TPSA) is 150 Å². The fourth-order valence-corrected chi connectivity index (χ4v) is 5.01. The summed E-state index contributed by atoms with van der Waals surface area (Å²) in [5, 5.41) is 27.2. The summed E-state index contributed by atoms with van der Waals surface area (Å²) in [6.07, 6.45) is -0.370. The van der Waals surface area contributed by atoms with Crippen LogP contribution in [0, 0.1) is 22.7 Å². The smallest absolute Gasteiger partial charge is 0.435 e. The Hall–Kier alpha value is -3.83. The number of hydrogen-bond donors (Lipinski definition) is 2. The highest BCUT2D eigenvalue weighted by molar-refractivity contribution is 7.92. The van der Waals surface area contributed by atoms with Crippen molar-refractivity contribution in [2.75, 3.05) is 10.5 Å². The van der Waals surface area contributed by atoms with Crippen LogP contribution in [-0.4, -0.2) is 35.6 Å². The van der Waals surface area contributed by atoms with Crippen molar-refractivity contribution >= 4 is 32.8 Å². The molecule has 0 aliphatic carbocycles. The zero-order valence-corrected chi connectivity index (χ0v) is 21.4. The molecule has 2 aromatic rings. The number of allylic oxidation sites excluding steroid dienone is 4. The zero-order valence-electron chi connectivity index (χ0n) is 20.6. The first-order chi connectivity index (χ1) is 16.3. The van der Waals surface area contributed by atoms with E-state index in [0.29, 0.717) is 45.4 Å². The molecule has 3 rings (SSSR count). The van der Waals surface area contributed by atoms with Crippen molar-refractivity contribution in [2.24, 2.45) is 0 Å². The molecule has 0 atom stereocenters. The molecule has 0 saturated heterocycles. The predicted molar refractivity (Wildman–Crippen MR) is 132 cm³/mol. The number of fused-ring (bicyclic) bond motifs is 1. The molecule has 0 bridgehead atoms. The van der Waals surface area contributed by atoms with E-state index in [4.69, 9.17) is 4.74 Å². The molecule has 0 amide bonds. The van der Waals surface area contributed by atoms with Gasteiger partial charge in [-0.25, -0.2) is 13.2 Å². The molecular weight excluding hydrogens is 468 g/mol. The monoisotopic (exact) mass is 496 g/mol. The maximum Gasteiger partial charge on any atom is 0.435 e. The Morgan fingerprint density at radius 1 is 1.20 bits per heavy atom. The van der Waals surface area contributed by atoms with Crippen molar-refractivity contribution < 1.29 is 17.9 Å². The second-order valence-corrected chi connectivity index (χ2v) is 11.1. The van der Waals surface area contributed by atoms with Crippen LogP contribution in [-0.2, 0) is 14.8 Å². The Balaban J connectivity index is 2.25. The lowest BCUT2D eigenvalue weighted by Gasteiger charge is -2.26. The maximum atomic E-state index is 12.8. The minimum Gasteiger partial charge on any atom is -0.442 e. The number of sulfonamides is 1. The molecule has 1 aromatic carbocycles. The van der Waals surface area contributed by atoms with Crippen LogP contribution >= 0.6 is 0 Å². The number of nitriles is 2. The molecule has 2 N–H and O–H groups in total. The Bertz CT molecular complexity index is 1410. The number of ether oxygens (including phenoxy) is 1. The van der Waals surface area contributed by atoms with Crippen LogP contribution in [0.1, 0.15) is 59.4 Å². The molecule has 0 spiro atoms. The van der Waals surface area contributed by atoms with Crippen LogP contribution in [0.5, 0.6) is 0 Å². The molecule has 0 saturated carbocycles. The van der Waals surface area contributed by atoms with Gasteiger partial charge in [0.05, 0.1) is 40.5 Å². The summed E-state index contributed by atoms with van der Waals surface area (Å²) in [7, 11) is -3.72. The van der Waals surface area contributed by atoms with Crippen LogP contribution < -0.4 is 10.0 Å². The molecule has 1 aliphatic heterocycles. The minimum atomic E-state index is -3.72. The lowest BCUT2D eigenvalue weighted by atomic mass is 9.81. The van der Waals surface area contributed by atoms with E-state index in [-0.39, 0.29) is 11.6 Å².